The molecule has 7 aliphatic rings. The summed E-state index contributed by atoms with van der Waals surface area (Å²) in [5.74, 6) is -2.38. The second-order valence-corrected chi connectivity index (χ2v) is 27.8. The molecule has 0 heterocycles. The van der Waals surface area contributed by atoms with Crippen LogP contribution in [0.2, 0.25) is 0 Å². The van der Waals surface area contributed by atoms with Gasteiger partial charge in [-0.15, -0.1) is 0 Å². The number of carboxylic acid groups (broad SMARTS) is 1. The van der Waals surface area contributed by atoms with Gasteiger partial charge < -0.3 is 85.6 Å². The number of hydrogen-bond acceptors (Lipinski definition) is 27. The molecule has 0 spiro atoms. The normalized spacial score (nSPS) is 17.7. The third-order valence-electron chi connectivity index (χ3n) is 16.8. The van der Waals surface area contributed by atoms with Gasteiger partial charge in [-0.25, -0.2) is 9.59 Å². The smallest absolute Gasteiger partial charge is 0.335 e. The Hall–Kier alpha value is -6.66. The zero-order chi connectivity index (χ0) is 77.2. The quantitative estimate of drug-likeness (QED) is 0.0372. The third kappa shape index (κ3) is 36.2. The van der Waals surface area contributed by atoms with Crippen LogP contribution in [0.15, 0.2) is 43.0 Å². The zero-order valence-electron chi connectivity index (χ0n) is 63.7. The second-order valence-electron chi connectivity index (χ2n) is 27.8. The maximum absolute atomic E-state index is 11.8. The van der Waals surface area contributed by atoms with Crippen LogP contribution in [0.25, 0.3) is 0 Å². The predicted octanol–water partition coefficient (Wildman–Crippen LogP) is 8.78. The van der Waals surface area contributed by atoms with Crippen molar-refractivity contribution in [3.8, 4) is 0 Å². The average Bonchev–Trinajstić information content (AvgIpc) is 1.69. The molecule has 0 amide bonds. The van der Waals surface area contributed by atoms with Gasteiger partial charge in [0, 0.05) is 56.9 Å². The molecule has 1 aromatic rings. The first-order chi connectivity index (χ1) is 48.3. The van der Waals surface area contributed by atoms with Crippen LogP contribution in [-0.4, -0.2) is 227 Å². The molecule has 0 aliphatic heterocycles. The number of carbonyl (C=O) groups is 10. The Morgan fingerprint density at radius 1 is 0.490 bits per heavy atom. The van der Waals surface area contributed by atoms with Crippen LogP contribution in [0.3, 0.4) is 0 Å². The average molecular weight is 1460 g/mol. The monoisotopic (exact) mass is 1460 g/mol. The first-order valence-corrected chi connectivity index (χ1v) is 34.5. The van der Waals surface area contributed by atoms with Crippen molar-refractivity contribution >= 4 is 59.7 Å². The van der Waals surface area contributed by atoms with Crippen LogP contribution in [0.5, 0.6) is 0 Å². The molecular weight excluding hydrogens is 1340 g/mol. The summed E-state index contributed by atoms with van der Waals surface area (Å²) in [6, 6.07) is 9.71. The number of aliphatic carboxylic acids is 1. The fourth-order valence-corrected chi connectivity index (χ4v) is 9.11. The van der Waals surface area contributed by atoms with Gasteiger partial charge in [0.2, 0.25) is 0 Å². The van der Waals surface area contributed by atoms with Gasteiger partial charge in [-0.1, -0.05) is 63.8 Å². The lowest BCUT2D eigenvalue weighted by atomic mass is 10.1. The van der Waals surface area contributed by atoms with Gasteiger partial charge in [0.1, 0.15) is 18.8 Å². The molecule has 0 aromatic heterocycles. The molecule has 7 aliphatic carbocycles. The van der Waals surface area contributed by atoms with Crippen molar-refractivity contribution in [3.63, 3.8) is 0 Å². The fraction of sp³-hybridized carbons (Fsp3) is 0.757. The fourth-order valence-electron chi connectivity index (χ4n) is 9.11. The summed E-state index contributed by atoms with van der Waals surface area (Å²) in [5.41, 5.74) is -1.18. The van der Waals surface area contributed by atoms with E-state index in [0.29, 0.717) is 84.5 Å². The minimum Gasteiger partial charge on any atom is -0.481 e. The maximum atomic E-state index is 11.8. The topological polar surface area (TPSA) is 348 Å². The van der Waals surface area contributed by atoms with E-state index in [9.17, 15) is 47.9 Å². The summed E-state index contributed by atoms with van der Waals surface area (Å²) in [5, 5.41) is 8.27. The Morgan fingerprint density at radius 3 is 1.15 bits per heavy atom. The van der Waals surface area contributed by atoms with Gasteiger partial charge in [0.15, 0.2) is 12.2 Å². The number of hydrogen-bond donors (Lipinski definition) is 1. The van der Waals surface area contributed by atoms with Gasteiger partial charge in [0.05, 0.1) is 126 Å². The van der Waals surface area contributed by atoms with Crippen LogP contribution in [0.4, 0.5) is 0 Å². The van der Waals surface area contributed by atoms with E-state index < -0.39 is 36.1 Å². The van der Waals surface area contributed by atoms with Crippen LogP contribution in [0.1, 0.15) is 156 Å². The van der Waals surface area contributed by atoms with Crippen molar-refractivity contribution in [1.29, 1.82) is 0 Å². The summed E-state index contributed by atoms with van der Waals surface area (Å²) in [6.07, 6.45) is 13.4. The first kappa shape index (κ1) is 93.4. The second kappa shape index (κ2) is 47.6. The van der Waals surface area contributed by atoms with Crippen molar-refractivity contribution < 1.29 is 134 Å². The number of esters is 9. The molecule has 7 saturated carbocycles. The van der Waals surface area contributed by atoms with Crippen molar-refractivity contribution in [2.24, 2.45) is 44.3 Å². The highest BCUT2D eigenvalue weighted by Gasteiger charge is 2.55. The number of methoxy groups -OCH3 is 11. The SMILES string of the molecule is C=CCOC(=O)C1(COC)CC1.CCCOC(=O)C1(COC)CC1.COC(=O)C(CC(=O)O)OC.COC(=O)CC(OC)C(=O)OC.COCC1(C(=O)OC(C)(C)C)CC1.COCC1(C(=O)OCC(C)C)CC1.COCC1(C(=O)OCC2CC2)CC1.COCC1(C(=O)OCc2ccccc2)CC1. The highest BCUT2D eigenvalue weighted by atomic mass is 16.6. The van der Waals surface area contributed by atoms with Gasteiger partial charge in [0.25, 0.3) is 0 Å². The Balaban J connectivity index is 0.000000584. The van der Waals surface area contributed by atoms with Crippen LogP contribution in [-0.2, 0) is 135 Å². The van der Waals surface area contributed by atoms with Crippen LogP contribution >= 0.6 is 0 Å². The van der Waals surface area contributed by atoms with Crippen LogP contribution in [0, 0.1) is 44.3 Å². The molecule has 1 aromatic carbocycles. The highest BCUT2D eigenvalue weighted by Crippen LogP contribution is 2.51. The van der Waals surface area contributed by atoms with E-state index in [0.717, 1.165) is 89.0 Å². The Bertz CT molecular complexity index is 2640. The standard InChI is InChI=1S/C13H16O3.C10H16O3.2C10H18O3.C9H16O3.C9H14O3.C7H12O5.C6H10O5/c1-15-10-13(7-8-13)12(14)16-9-11-5-3-2-4-6-11;1-12-7-10(4-5-10)9(11)13-6-8-2-3-8;1-9(2,3)13-8(11)10(5-6-10)7-12-4;1-8(2)6-13-9(11)10(4-5-10)7-12-3;2*1-3-6-12-8(10)9(4-5-9)7-11-2;1-10-5(7(9)12-3)4-6(8)11-2;1-10-4(3-5(7)8)6(9)11-2/h2-6H,7-10H2,1H3;8H,2-7H2,1H3;5-7H2,1-4H3;8H,4-7H2,1-3H3;3-7H2,1-2H3;3H,1,4-7H2,2H3;5H,4H2,1-3H3;4H,3H2,1-2H3,(H,7,8). The van der Waals surface area contributed by atoms with Crippen molar-refractivity contribution in [2.75, 3.05) is 144 Å². The Kier molecular flexibility index (Phi) is 43.6. The highest BCUT2D eigenvalue weighted by molar-refractivity contribution is 5.84. The lowest BCUT2D eigenvalue weighted by molar-refractivity contribution is -0.164. The molecule has 28 nitrogen and oxygen atoms in total. The van der Waals surface area contributed by atoms with E-state index >= 15 is 0 Å². The molecule has 2 unspecified atom stereocenters. The molecule has 0 radical (unpaired) electrons. The first-order valence-electron chi connectivity index (χ1n) is 34.5. The van der Waals surface area contributed by atoms with E-state index in [4.69, 9.17) is 66.7 Å². The molecule has 2 atom stereocenters. The molecule has 1 N–H and O–H groups in total. The summed E-state index contributed by atoms with van der Waals surface area (Å²) in [7, 11) is 15.9. The van der Waals surface area contributed by atoms with Crippen molar-refractivity contribution in [3.05, 3.63) is 48.6 Å². The Labute approximate surface area is 603 Å². The third-order valence-corrected chi connectivity index (χ3v) is 16.8. The molecule has 0 bridgehead atoms. The molecule has 102 heavy (non-hydrogen) atoms. The van der Waals surface area contributed by atoms with Crippen LogP contribution < -0.4 is 0 Å². The Morgan fingerprint density at radius 2 is 0.843 bits per heavy atom. The number of carboxylic acids is 1. The van der Waals surface area contributed by atoms with E-state index in [1.54, 1.807) is 48.7 Å². The lowest BCUT2D eigenvalue weighted by Gasteiger charge is -2.23. The zero-order valence-corrected chi connectivity index (χ0v) is 63.7. The number of carbonyl (C=O) groups excluding carboxylic acids is 9. The van der Waals surface area contributed by atoms with Gasteiger partial charge in [-0.05, 0) is 134 Å². The molecule has 584 valence electrons. The van der Waals surface area contributed by atoms with E-state index in [2.05, 4.69) is 25.5 Å². The van der Waals surface area contributed by atoms with Gasteiger partial charge in [-0.2, -0.15) is 0 Å². The minimum atomic E-state index is -1.10. The van der Waals surface area contributed by atoms with E-state index in [1.165, 1.54) is 48.4 Å². The van der Waals surface area contributed by atoms with Crippen molar-refractivity contribution in [2.45, 2.75) is 175 Å². The molecule has 8 rings (SSSR count). The summed E-state index contributed by atoms with van der Waals surface area (Å²) >= 11 is 0. The predicted molar refractivity (Wildman–Crippen MR) is 370 cm³/mol. The summed E-state index contributed by atoms with van der Waals surface area (Å²) < 4.78 is 83.2. The van der Waals surface area contributed by atoms with Crippen molar-refractivity contribution in [1.82, 2.24) is 0 Å². The minimum absolute atomic E-state index is 0.0405. The van der Waals surface area contributed by atoms with Gasteiger partial charge >= 0.3 is 59.7 Å². The number of benzene rings is 1. The van der Waals surface area contributed by atoms with Gasteiger partial charge in [-0.3, -0.25) is 38.4 Å². The lowest BCUT2D eigenvalue weighted by Crippen LogP contribution is -2.31. The summed E-state index contributed by atoms with van der Waals surface area (Å²) in [6.45, 7) is 20.5. The molecule has 0 saturated heterocycles. The molecular formula is C74H120O28. The molecule has 7 fully saturated rings. The largest absolute Gasteiger partial charge is 0.481 e. The number of rotatable bonds is 36. The maximum Gasteiger partial charge on any atom is 0.335 e. The summed E-state index contributed by atoms with van der Waals surface area (Å²) in [4.78, 5) is 111. The number of ether oxygens (including phenoxy) is 17. The molecule has 28 heteroatoms. The van der Waals surface area contributed by atoms with E-state index in [1.807, 2.05) is 71.9 Å². The van der Waals surface area contributed by atoms with E-state index in [-0.39, 0.29) is 86.7 Å².